The number of fused-ring (bicyclic) bond motifs is 1. The molecule has 0 saturated carbocycles. The molecule has 1 aromatic carbocycles. The SMILES string of the molecule is CN(C)C(=O)C1CC(=O)c2c([nH]c(-c3ccncc3OCCN=O)c2Nc2ccccc2)C1. The summed E-state index contributed by atoms with van der Waals surface area (Å²) in [6, 6.07) is 11.3. The van der Waals surface area contributed by atoms with Crippen molar-refractivity contribution in [3.63, 3.8) is 0 Å². The zero-order valence-electron chi connectivity index (χ0n) is 18.5. The number of aromatic nitrogens is 2. The van der Waals surface area contributed by atoms with Gasteiger partial charge in [-0.1, -0.05) is 23.4 Å². The summed E-state index contributed by atoms with van der Waals surface area (Å²) in [5.74, 6) is -0.122. The van der Waals surface area contributed by atoms with Gasteiger partial charge in [0.05, 0.1) is 29.1 Å². The van der Waals surface area contributed by atoms with E-state index in [1.807, 2.05) is 30.3 Å². The number of ketones is 1. The molecule has 9 nitrogen and oxygen atoms in total. The number of ether oxygens (including phenoxy) is 1. The molecule has 0 saturated heterocycles. The molecule has 33 heavy (non-hydrogen) atoms. The fraction of sp³-hybridized carbons (Fsp3) is 0.292. The van der Waals surface area contributed by atoms with Crippen LogP contribution in [-0.4, -0.2) is 53.8 Å². The van der Waals surface area contributed by atoms with Crippen LogP contribution >= 0.6 is 0 Å². The first-order chi connectivity index (χ1) is 16.0. The topological polar surface area (TPSA) is 117 Å². The molecule has 1 amide bonds. The van der Waals surface area contributed by atoms with E-state index in [4.69, 9.17) is 4.74 Å². The van der Waals surface area contributed by atoms with E-state index in [1.165, 1.54) is 4.90 Å². The number of para-hydroxylation sites is 1. The monoisotopic (exact) mass is 447 g/mol. The highest BCUT2D eigenvalue weighted by Crippen LogP contribution is 2.42. The van der Waals surface area contributed by atoms with Crippen LogP contribution in [0.2, 0.25) is 0 Å². The van der Waals surface area contributed by atoms with Crippen LogP contribution in [-0.2, 0) is 11.2 Å². The maximum Gasteiger partial charge on any atom is 0.226 e. The smallest absolute Gasteiger partial charge is 0.226 e. The fourth-order valence-electron chi connectivity index (χ4n) is 4.08. The normalized spacial score (nSPS) is 15.0. The Labute approximate surface area is 191 Å². The van der Waals surface area contributed by atoms with Crippen molar-refractivity contribution in [2.45, 2.75) is 12.8 Å². The van der Waals surface area contributed by atoms with E-state index in [1.54, 1.807) is 32.6 Å². The van der Waals surface area contributed by atoms with Crippen molar-refractivity contribution in [3.8, 4) is 17.0 Å². The van der Waals surface area contributed by atoms with E-state index in [0.717, 1.165) is 5.69 Å². The first-order valence-corrected chi connectivity index (χ1v) is 10.7. The number of aromatic amines is 1. The number of carbonyl (C=O) groups is 2. The van der Waals surface area contributed by atoms with Crippen molar-refractivity contribution in [2.24, 2.45) is 11.1 Å². The second kappa shape index (κ2) is 9.64. The lowest BCUT2D eigenvalue weighted by Gasteiger charge is -2.24. The van der Waals surface area contributed by atoms with Gasteiger partial charge in [-0.3, -0.25) is 14.6 Å². The van der Waals surface area contributed by atoms with Crippen LogP contribution < -0.4 is 10.1 Å². The van der Waals surface area contributed by atoms with Crippen molar-refractivity contribution >= 4 is 23.1 Å². The number of nitrogens with one attached hydrogen (secondary N) is 2. The van der Waals surface area contributed by atoms with Crippen LogP contribution in [0, 0.1) is 10.8 Å². The molecule has 1 aliphatic carbocycles. The number of anilines is 2. The van der Waals surface area contributed by atoms with Gasteiger partial charge in [-0.05, 0) is 18.2 Å². The maximum atomic E-state index is 13.3. The number of rotatable bonds is 8. The highest BCUT2D eigenvalue weighted by molar-refractivity contribution is 6.09. The Morgan fingerprint density at radius 3 is 2.76 bits per heavy atom. The molecule has 9 heteroatoms. The summed E-state index contributed by atoms with van der Waals surface area (Å²) >= 11 is 0. The minimum atomic E-state index is -0.414. The van der Waals surface area contributed by atoms with Gasteiger partial charge in [0.2, 0.25) is 5.91 Å². The average Bonchev–Trinajstić information content (AvgIpc) is 3.18. The van der Waals surface area contributed by atoms with Gasteiger partial charge in [0.1, 0.15) is 18.9 Å². The molecule has 0 radical (unpaired) electrons. The number of nitroso groups, excluding NO2 is 1. The van der Waals surface area contributed by atoms with Crippen LogP contribution in [0.15, 0.2) is 54.0 Å². The predicted molar refractivity (Wildman–Crippen MR) is 125 cm³/mol. The predicted octanol–water partition coefficient (Wildman–Crippen LogP) is 3.80. The molecule has 1 aliphatic rings. The summed E-state index contributed by atoms with van der Waals surface area (Å²) in [5, 5.41) is 6.21. The molecule has 0 bridgehead atoms. The van der Waals surface area contributed by atoms with Crippen molar-refractivity contribution < 1.29 is 14.3 Å². The van der Waals surface area contributed by atoms with Gasteiger partial charge < -0.3 is 19.9 Å². The number of amides is 1. The molecular formula is C24H25N5O4. The number of carbonyl (C=O) groups excluding carboxylic acids is 2. The standard InChI is InChI=1S/C24H25N5O4/c1-29(2)24(31)15-12-18-21(19(30)13-15)23(27-16-6-4-3-5-7-16)22(28-18)17-8-9-25-14-20(17)33-11-10-26-32/h3-9,14-15,27-28H,10-13H2,1-2H3. The fourth-order valence-corrected chi connectivity index (χ4v) is 4.08. The first kappa shape index (κ1) is 22.2. The largest absolute Gasteiger partial charge is 0.489 e. The van der Waals surface area contributed by atoms with E-state index in [9.17, 15) is 14.5 Å². The van der Waals surface area contributed by atoms with Crippen molar-refractivity contribution in [2.75, 3.05) is 32.6 Å². The van der Waals surface area contributed by atoms with Crippen LogP contribution in [0.4, 0.5) is 11.4 Å². The molecule has 0 fully saturated rings. The number of benzene rings is 1. The highest BCUT2D eigenvalue weighted by Gasteiger charge is 2.35. The third-order valence-corrected chi connectivity index (χ3v) is 5.57. The third kappa shape index (κ3) is 4.62. The Morgan fingerprint density at radius 1 is 1.24 bits per heavy atom. The molecule has 4 rings (SSSR count). The summed E-state index contributed by atoms with van der Waals surface area (Å²) in [6.07, 6.45) is 3.77. The molecule has 1 atom stereocenters. The van der Waals surface area contributed by atoms with E-state index in [-0.39, 0.29) is 31.3 Å². The number of H-pyrrole nitrogens is 1. The molecule has 2 heterocycles. The summed E-state index contributed by atoms with van der Waals surface area (Å²) in [4.78, 5) is 45.3. The lowest BCUT2D eigenvalue weighted by atomic mass is 9.85. The van der Waals surface area contributed by atoms with Crippen molar-refractivity contribution in [3.05, 3.63) is 65.0 Å². The Balaban J connectivity index is 1.81. The Kier molecular flexibility index (Phi) is 6.48. The minimum Gasteiger partial charge on any atom is -0.489 e. The molecule has 1 unspecified atom stereocenters. The summed E-state index contributed by atoms with van der Waals surface area (Å²) in [7, 11) is 3.39. The van der Waals surface area contributed by atoms with E-state index < -0.39 is 5.92 Å². The molecule has 3 aromatic rings. The van der Waals surface area contributed by atoms with E-state index >= 15 is 0 Å². The summed E-state index contributed by atoms with van der Waals surface area (Å²) in [6.45, 7) is 0.125. The van der Waals surface area contributed by atoms with Gasteiger partial charge in [-0.25, -0.2) is 0 Å². The summed E-state index contributed by atoms with van der Waals surface area (Å²) in [5.41, 5.74) is 4.05. The number of hydrogen-bond donors (Lipinski definition) is 2. The van der Waals surface area contributed by atoms with Gasteiger partial charge in [0.15, 0.2) is 5.78 Å². The third-order valence-electron chi connectivity index (χ3n) is 5.57. The number of hydrogen-bond acceptors (Lipinski definition) is 7. The van der Waals surface area contributed by atoms with E-state index in [2.05, 4.69) is 20.5 Å². The van der Waals surface area contributed by atoms with Gasteiger partial charge in [-0.2, -0.15) is 4.91 Å². The lowest BCUT2D eigenvalue weighted by molar-refractivity contribution is -0.133. The number of nitrogens with zero attached hydrogens (tertiary/aromatic N) is 3. The molecule has 0 aliphatic heterocycles. The summed E-state index contributed by atoms with van der Waals surface area (Å²) < 4.78 is 5.74. The Hall–Kier alpha value is -4.01. The second-order valence-corrected chi connectivity index (χ2v) is 8.05. The zero-order valence-corrected chi connectivity index (χ0v) is 18.5. The Morgan fingerprint density at radius 2 is 2.03 bits per heavy atom. The van der Waals surface area contributed by atoms with Crippen molar-refractivity contribution in [1.82, 2.24) is 14.9 Å². The van der Waals surface area contributed by atoms with Crippen LogP contribution in [0.1, 0.15) is 22.5 Å². The molecule has 0 spiro atoms. The Bertz CT molecular complexity index is 1170. The zero-order chi connectivity index (χ0) is 23.4. The van der Waals surface area contributed by atoms with Gasteiger partial charge in [0.25, 0.3) is 0 Å². The average molecular weight is 447 g/mol. The molecule has 2 N–H and O–H groups in total. The van der Waals surface area contributed by atoms with Gasteiger partial charge >= 0.3 is 0 Å². The van der Waals surface area contributed by atoms with Crippen LogP contribution in [0.3, 0.4) is 0 Å². The highest BCUT2D eigenvalue weighted by atomic mass is 16.5. The first-order valence-electron chi connectivity index (χ1n) is 10.7. The number of pyridine rings is 1. The maximum absolute atomic E-state index is 13.3. The number of Topliss-reactive ketones (excluding diaryl/α,β-unsaturated/α-hetero) is 1. The molecular weight excluding hydrogens is 422 g/mol. The van der Waals surface area contributed by atoms with E-state index in [0.29, 0.717) is 40.4 Å². The quantitative estimate of drug-likeness (QED) is 0.401. The lowest BCUT2D eigenvalue weighted by Crippen LogP contribution is -2.35. The van der Waals surface area contributed by atoms with Crippen LogP contribution in [0.25, 0.3) is 11.3 Å². The van der Waals surface area contributed by atoms with Crippen LogP contribution in [0.5, 0.6) is 5.75 Å². The molecule has 170 valence electrons. The van der Waals surface area contributed by atoms with Crippen molar-refractivity contribution in [1.29, 1.82) is 0 Å². The minimum absolute atomic E-state index is 0.0114. The molecule has 2 aromatic heterocycles. The van der Waals surface area contributed by atoms with Gasteiger partial charge in [0, 0.05) is 50.1 Å². The van der Waals surface area contributed by atoms with Gasteiger partial charge in [-0.15, -0.1) is 0 Å². The second-order valence-electron chi connectivity index (χ2n) is 8.05.